The Kier molecular flexibility index (Phi) is 4.88. The lowest BCUT2D eigenvalue weighted by Crippen LogP contribution is -2.36. The Morgan fingerprint density at radius 1 is 1.53 bits per heavy atom. The van der Waals surface area contributed by atoms with Crippen molar-refractivity contribution in [3.63, 3.8) is 0 Å². The Hall–Kier alpha value is -1.00. The zero-order valence-corrected chi connectivity index (χ0v) is 12.5. The molecule has 1 aliphatic rings. The second-order valence-electron chi connectivity index (χ2n) is 5.25. The van der Waals surface area contributed by atoms with Crippen LogP contribution in [0.4, 0.5) is 0 Å². The van der Waals surface area contributed by atoms with E-state index in [9.17, 15) is 0 Å². The first-order chi connectivity index (χ1) is 9.11. The van der Waals surface area contributed by atoms with Gasteiger partial charge in [-0.25, -0.2) is 0 Å². The molecule has 3 nitrogen and oxygen atoms in total. The largest absolute Gasteiger partial charge is 0.387 e. The zero-order chi connectivity index (χ0) is 13.8. The number of thioether (sulfide) groups is 1. The van der Waals surface area contributed by atoms with Gasteiger partial charge in [0.2, 0.25) is 0 Å². The van der Waals surface area contributed by atoms with E-state index in [2.05, 4.69) is 36.1 Å². The molecule has 0 radical (unpaired) electrons. The summed E-state index contributed by atoms with van der Waals surface area (Å²) >= 11 is 1.96. The van der Waals surface area contributed by atoms with Gasteiger partial charge in [0.1, 0.15) is 0 Å². The highest BCUT2D eigenvalue weighted by Gasteiger charge is 2.25. The van der Waals surface area contributed by atoms with Crippen molar-refractivity contribution in [2.45, 2.75) is 24.7 Å². The number of hydrogen-bond acceptors (Lipinski definition) is 3. The number of hydrogen-bond donors (Lipinski definition) is 2. The SMILES string of the molecule is CCN(CC(C)C(=N)N)CC1CSc2ccccc21. The Balaban J connectivity index is 1.98. The summed E-state index contributed by atoms with van der Waals surface area (Å²) in [6.45, 7) is 7.18. The first kappa shape index (κ1) is 14.4. The molecule has 0 aromatic heterocycles. The highest BCUT2D eigenvalue weighted by atomic mass is 32.2. The molecule has 1 aromatic carbocycles. The molecule has 3 N–H and O–H groups in total. The fourth-order valence-electron chi connectivity index (χ4n) is 2.51. The van der Waals surface area contributed by atoms with E-state index >= 15 is 0 Å². The highest BCUT2D eigenvalue weighted by molar-refractivity contribution is 7.99. The van der Waals surface area contributed by atoms with Crippen molar-refractivity contribution in [1.82, 2.24) is 4.90 Å². The van der Waals surface area contributed by atoms with Crippen LogP contribution in [-0.4, -0.2) is 36.1 Å². The maximum Gasteiger partial charge on any atom is 0.0947 e. The molecule has 0 amide bonds. The third-order valence-corrected chi connectivity index (χ3v) is 5.04. The summed E-state index contributed by atoms with van der Waals surface area (Å²) in [4.78, 5) is 3.85. The predicted octanol–water partition coefficient (Wildman–Crippen LogP) is 2.77. The van der Waals surface area contributed by atoms with Crippen molar-refractivity contribution in [2.75, 3.05) is 25.4 Å². The van der Waals surface area contributed by atoms with Crippen LogP contribution in [0.15, 0.2) is 29.2 Å². The van der Waals surface area contributed by atoms with Crippen molar-refractivity contribution in [3.8, 4) is 0 Å². The molecule has 0 bridgehead atoms. The lowest BCUT2D eigenvalue weighted by atomic mass is 10.00. The Labute approximate surface area is 120 Å². The van der Waals surface area contributed by atoms with Crippen LogP contribution >= 0.6 is 11.8 Å². The average Bonchev–Trinajstić information content (AvgIpc) is 2.81. The van der Waals surface area contributed by atoms with Gasteiger partial charge in [-0.1, -0.05) is 32.0 Å². The van der Waals surface area contributed by atoms with Crippen LogP contribution in [0.25, 0.3) is 0 Å². The van der Waals surface area contributed by atoms with Crippen molar-refractivity contribution in [2.24, 2.45) is 11.7 Å². The molecule has 0 fully saturated rings. The van der Waals surface area contributed by atoms with Crippen LogP contribution in [0, 0.1) is 11.3 Å². The van der Waals surface area contributed by atoms with Crippen molar-refractivity contribution in [3.05, 3.63) is 29.8 Å². The number of amidine groups is 1. The zero-order valence-electron chi connectivity index (χ0n) is 11.7. The second kappa shape index (κ2) is 6.44. The first-order valence-electron chi connectivity index (χ1n) is 6.89. The minimum Gasteiger partial charge on any atom is -0.387 e. The summed E-state index contributed by atoms with van der Waals surface area (Å²) in [7, 11) is 0. The second-order valence-corrected chi connectivity index (χ2v) is 6.32. The number of rotatable bonds is 6. The fourth-order valence-corrected chi connectivity index (χ4v) is 3.75. The minimum atomic E-state index is 0.143. The van der Waals surface area contributed by atoms with Gasteiger partial charge in [0.25, 0.3) is 0 Å². The number of likely N-dealkylation sites (N-methyl/N-ethyl adjacent to an activating group) is 1. The third-order valence-electron chi connectivity index (χ3n) is 3.79. The third kappa shape index (κ3) is 3.51. The van der Waals surface area contributed by atoms with Gasteiger partial charge < -0.3 is 10.6 Å². The van der Waals surface area contributed by atoms with E-state index in [-0.39, 0.29) is 5.92 Å². The summed E-state index contributed by atoms with van der Waals surface area (Å²) in [5, 5.41) is 7.52. The van der Waals surface area contributed by atoms with E-state index in [1.807, 2.05) is 18.7 Å². The maximum absolute atomic E-state index is 7.52. The summed E-state index contributed by atoms with van der Waals surface area (Å²) < 4.78 is 0. The molecule has 2 atom stereocenters. The smallest absolute Gasteiger partial charge is 0.0947 e. The predicted molar refractivity (Wildman–Crippen MR) is 83.1 cm³/mol. The summed E-state index contributed by atoms with van der Waals surface area (Å²) in [5.41, 5.74) is 7.06. The number of nitrogens with zero attached hydrogens (tertiary/aromatic N) is 1. The number of fused-ring (bicyclic) bond motifs is 1. The van der Waals surface area contributed by atoms with Gasteiger partial charge in [-0.2, -0.15) is 0 Å². The fraction of sp³-hybridized carbons (Fsp3) is 0.533. The summed E-state index contributed by atoms with van der Waals surface area (Å²) in [6.07, 6.45) is 0. The van der Waals surface area contributed by atoms with E-state index in [1.165, 1.54) is 16.2 Å². The molecule has 0 saturated carbocycles. The molecule has 104 valence electrons. The maximum atomic E-state index is 7.52. The van der Waals surface area contributed by atoms with Gasteiger partial charge in [-0.05, 0) is 18.2 Å². The molecular formula is C15H23N3S. The first-order valence-corrected chi connectivity index (χ1v) is 7.88. The topological polar surface area (TPSA) is 53.1 Å². The number of nitrogens with one attached hydrogen (secondary N) is 1. The van der Waals surface area contributed by atoms with Crippen LogP contribution < -0.4 is 5.73 Å². The Morgan fingerprint density at radius 3 is 2.95 bits per heavy atom. The molecule has 0 saturated heterocycles. The normalized spacial score (nSPS) is 19.4. The summed E-state index contributed by atoms with van der Waals surface area (Å²) in [6, 6.07) is 8.71. The molecule has 0 aliphatic carbocycles. The molecule has 2 unspecified atom stereocenters. The minimum absolute atomic E-state index is 0.143. The number of benzene rings is 1. The van der Waals surface area contributed by atoms with E-state index in [0.717, 1.165) is 19.6 Å². The van der Waals surface area contributed by atoms with Gasteiger partial charge in [-0.15, -0.1) is 11.8 Å². The molecular weight excluding hydrogens is 254 g/mol. The van der Waals surface area contributed by atoms with Crippen LogP contribution in [0.1, 0.15) is 25.3 Å². The lowest BCUT2D eigenvalue weighted by molar-refractivity contribution is 0.260. The molecule has 19 heavy (non-hydrogen) atoms. The Bertz CT molecular complexity index is 447. The molecule has 2 rings (SSSR count). The Morgan fingerprint density at radius 2 is 2.26 bits per heavy atom. The average molecular weight is 277 g/mol. The molecule has 1 aliphatic heterocycles. The van der Waals surface area contributed by atoms with Gasteiger partial charge in [0, 0.05) is 35.6 Å². The van der Waals surface area contributed by atoms with Gasteiger partial charge >= 0.3 is 0 Å². The molecule has 4 heteroatoms. The van der Waals surface area contributed by atoms with Gasteiger partial charge in [0.05, 0.1) is 5.84 Å². The quantitative estimate of drug-likeness (QED) is 0.621. The van der Waals surface area contributed by atoms with Crippen LogP contribution in [-0.2, 0) is 0 Å². The summed E-state index contributed by atoms with van der Waals surface area (Å²) in [5.74, 6) is 2.22. The van der Waals surface area contributed by atoms with Gasteiger partial charge in [-0.3, -0.25) is 5.41 Å². The highest BCUT2D eigenvalue weighted by Crippen LogP contribution is 2.39. The molecule has 1 aromatic rings. The van der Waals surface area contributed by atoms with Crippen LogP contribution in [0.2, 0.25) is 0 Å². The lowest BCUT2D eigenvalue weighted by Gasteiger charge is -2.26. The van der Waals surface area contributed by atoms with Gasteiger partial charge in [0.15, 0.2) is 0 Å². The van der Waals surface area contributed by atoms with E-state index in [4.69, 9.17) is 11.1 Å². The van der Waals surface area contributed by atoms with Crippen molar-refractivity contribution >= 4 is 17.6 Å². The monoisotopic (exact) mass is 277 g/mol. The van der Waals surface area contributed by atoms with Crippen LogP contribution in [0.5, 0.6) is 0 Å². The van der Waals surface area contributed by atoms with E-state index < -0.39 is 0 Å². The molecule has 0 spiro atoms. The van der Waals surface area contributed by atoms with E-state index in [0.29, 0.717) is 11.8 Å². The standard InChI is InChI=1S/C15H23N3S/c1-3-18(8-11(2)15(16)17)9-12-10-19-14-7-5-4-6-13(12)14/h4-7,11-12H,3,8-10H2,1-2H3,(H3,16,17). The van der Waals surface area contributed by atoms with E-state index in [1.54, 1.807) is 0 Å². The van der Waals surface area contributed by atoms with Crippen LogP contribution in [0.3, 0.4) is 0 Å². The molecule has 1 heterocycles. The van der Waals surface area contributed by atoms with Crippen molar-refractivity contribution < 1.29 is 0 Å². The number of nitrogens with two attached hydrogens (primary N) is 1. The van der Waals surface area contributed by atoms with Crippen molar-refractivity contribution in [1.29, 1.82) is 5.41 Å².